The van der Waals surface area contributed by atoms with Gasteiger partial charge in [0.05, 0.1) is 5.69 Å². The molecular weight excluding hydrogens is 176 g/mol. The molecule has 0 aromatic carbocycles. The monoisotopic (exact) mass is 194 g/mol. The summed E-state index contributed by atoms with van der Waals surface area (Å²) in [7, 11) is 1.95. The molecule has 0 saturated heterocycles. The number of nitrogens with zero attached hydrogens (tertiary/aromatic N) is 1. The molecule has 0 saturated carbocycles. The Bertz CT molecular complexity index is 320. The first-order chi connectivity index (χ1) is 6.56. The number of aryl methyl sites for hydroxylation is 2. The molecule has 0 aliphatic carbocycles. The van der Waals surface area contributed by atoms with E-state index in [-0.39, 0.29) is 0 Å². The van der Waals surface area contributed by atoms with Crippen LogP contribution in [0.3, 0.4) is 0 Å². The minimum absolute atomic E-state index is 0.378. The third-order valence-corrected chi connectivity index (χ3v) is 2.58. The van der Waals surface area contributed by atoms with Gasteiger partial charge in [-0.25, -0.2) is 0 Å². The Kier molecular flexibility index (Phi) is 3.47. The lowest BCUT2D eigenvalue weighted by Crippen LogP contribution is -2.22. The zero-order valence-corrected chi connectivity index (χ0v) is 9.51. The molecule has 0 spiro atoms. The lowest BCUT2D eigenvalue weighted by molar-refractivity contribution is 0.393. The Balaban J connectivity index is 2.96. The maximum Gasteiger partial charge on any atom is 0.141 e. The van der Waals surface area contributed by atoms with Crippen LogP contribution < -0.4 is 5.32 Å². The van der Waals surface area contributed by atoms with Gasteiger partial charge in [-0.3, -0.25) is 0 Å². The SMILES string of the molecule is CNC(C)C(C)=Cc1c(C)noc1C. The number of rotatable bonds is 3. The Morgan fingerprint density at radius 1 is 1.50 bits per heavy atom. The highest BCUT2D eigenvalue weighted by atomic mass is 16.5. The van der Waals surface area contributed by atoms with Crippen LogP contribution >= 0.6 is 0 Å². The van der Waals surface area contributed by atoms with E-state index in [2.05, 4.69) is 30.4 Å². The Morgan fingerprint density at radius 2 is 2.14 bits per heavy atom. The van der Waals surface area contributed by atoms with E-state index in [1.165, 1.54) is 5.57 Å². The van der Waals surface area contributed by atoms with Gasteiger partial charge in [0.25, 0.3) is 0 Å². The summed E-state index contributed by atoms with van der Waals surface area (Å²) in [6.45, 7) is 8.12. The second-order valence-corrected chi connectivity index (χ2v) is 3.64. The lowest BCUT2D eigenvalue weighted by Gasteiger charge is -2.10. The highest BCUT2D eigenvalue weighted by molar-refractivity contribution is 5.56. The van der Waals surface area contributed by atoms with Crippen molar-refractivity contribution in [1.82, 2.24) is 10.5 Å². The van der Waals surface area contributed by atoms with E-state index >= 15 is 0 Å². The summed E-state index contributed by atoms with van der Waals surface area (Å²) in [5.74, 6) is 0.880. The molecule has 1 aromatic heterocycles. The van der Waals surface area contributed by atoms with E-state index in [0.717, 1.165) is 17.0 Å². The first-order valence-corrected chi connectivity index (χ1v) is 4.84. The van der Waals surface area contributed by atoms with E-state index in [4.69, 9.17) is 4.52 Å². The molecule has 0 amide bonds. The molecule has 1 unspecified atom stereocenters. The Labute approximate surface area is 85.2 Å². The number of likely N-dealkylation sites (N-methyl/N-ethyl adjacent to an activating group) is 1. The van der Waals surface area contributed by atoms with Crippen LogP contribution in [-0.2, 0) is 0 Å². The first kappa shape index (κ1) is 11.0. The van der Waals surface area contributed by atoms with E-state index in [9.17, 15) is 0 Å². The molecule has 0 aliphatic heterocycles. The fourth-order valence-corrected chi connectivity index (χ4v) is 1.28. The highest BCUT2D eigenvalue weighted by Gasteiger charge is 2.08. The normalized spacial score (nSPS) is 14.5. The molecular formula is C11H18N2O. The predicted molar refractivity (Wildman–Crippen MR) is 58.1 cm³/mol. The summed E-state index contributed by atoms with van der Waals surface area (Å²) < 4.78 is 5.09. The van der Waals surface area contributed by atoms with E-state index in [1.54, 1.807) is 0 Å². The zero-order valence-electron chi connectivity index (χ0n) is 9.51. The van der Waals surface area contributed by atoms with E-state index < -0.39 is 0 Å². The second kappa shape index (κ2) is 4.42. The van der Waals surface area contributed by atoms with Crippen molar-refractivity contribution in [3.05, 3.63) is 22.6 Å². The largest absolute Gasteiger partial charge is 0.361 e. The van der Waals surface area contributed by atoms with Crippen LogP contribution in [0.25, 0.3) is 6.08 Å². The van der Waals surface area contributed by atoms with Gasteiger partial charge in [-0.05, 0) is 40.8 Å². The van der Waals surface area contributed by atoms with Gasteiger partial charge < -0.3 is 9.84 Å². The van der Waals surface area contributed by atoms with Crippen LogP contribution in [0, 0.1) is 13.8 Å². The average molecular weight is 194 g/mol. The predicted octanol–water partition coefficient (Wildman–Crippen LogP) is 2.30. The summed E-state index contributed by atoms with van der Waals surface area (Å²) in [6.07, 6.45) is 2.13. The Hall–Kier alpha value is -1.09. The van der Waals surface area contributed by atoms with Crippen molar-refractivity contribution in [1.29, 1.82) is 0 Å². The van der Waals surface area contributed by atoms with Gasteiger partial charge in [0.15, 0.2) is 0 Å². The van der Waals surface area contributed by atoms with Crippen LogP contribution in [0.5, 0.6) is 0 Å². The van der Waals surface area contributed by atoms with Crippen molar-refractivity contribution in [3.8, 4) is 0 Å². The molecule has 0 fully saturated rings. The van der Waals surface area contributed by atoms with Gasteiger partial charge in [0, 0.05) is 11.6 Å². The fraction of sp³-hybridized carbons (Fsp3) is 0.545. The van der Waals surface area contributed by atoms with Crippen molar-refractivity contribution in [2.24, 2.45) is 0 Å². The molecule has 0 radical (unpaired) electrons. The fourth-order valence-electron chi connectivity index (χ4n) is 1.28. The minimum Gasteiger partial charge on any atom is -0.361 e. The van der Waals surface area contributed by atoms with Crippen LogP contribution in [0.4, 0.5) is 0 Å². The quantitative estimate of drug-likeness (QED) is 0.802. The standard InChI is InChI=1S/C11H18N2O/c1-7(8(2)12-5)6-11-9(3)13-14-10(11)4/h6,8,12H,1-5H3. The van der Waals surface area contributed by atoms with Gasteiger partial charge in [0.2, 0.25) is 0 Å². The molecule has 1 heterocycles. The second-order valence-electron chi connectivity index (χ2n) is 3.64. The number of hydrogen-bond acceptors (Lipinski definition) is 3. The van der Waals surface area contributed by atoms with E-state index in [0.29, 0.717) is 6.04 Å². The van der Waals surface area contributed by atoms with Gasteiger partial charge in [-0.2, -0.15) is 0 Å². The van der Waals surface area contributed by atoms with E-state index in [1.807, 2.05) is 20.9 Å². The van der Waals surface area contributed by atoms with Crippen molar-refractivity contribution < 1.29 is 4.52 Å². The summed E-state index contributed by atoms with van der Waals surface area (Å²) in [6, 6.07) is 0.378. The molecule has 1 aromatic rings. The number of nitrogens with one attached hydrogen (secondary N) is 1. The molecule has 1 N–H and O–H groups in total. The van der Waals surface area contributed by atoms with Crippen LogP contribution in [0.1, 0.15) is 30.9 Å². The first-order valence-electron chi connectivity index (χ1n) is 4.84. The van der Waals surface area contributed by atoms with Crippen molar-refractivity contribution in [2.75, 3.05) is 7.05 Å². The molecule has 78 valence electrons. The van der Waals surface area contributed by atoms with Gasteiger partial charge in [-0.15, -0.1) is 0 Å². The highest BCUT2D eigenvalue weighted by Crippen LogP contribution is 2.17. The molecule has 1 rings (SSSR count). The molecule has 0 aliphatic rings. The molecule has 3 nitrogen and oxygen atoms in total. The Morgan fingerprint density at radius 3 is 2.57 bits per heavy atom. The smallest absolute Gasteiger partial charge is 0.141 e. The molecule has 1 atom stereocenters. The van der Waals surface area contributed by atoms with Crippen LogP contribution in [0.2, 0.25) is 0 Å². The number of hydrogen-bond donors (Lipinski definition) is 1. The third-order valence-electron chi connectivity index (χ3n) is 2.58. The van der Waals surface area contributed by atoms with Gasteiger partial charge in [-0.1, -0.05) is 10.7 Å². The maximum absolute atomic E-state index is 5.09. The van der Waals surface area contributed by atoms with Crippen molar-refractivity contribution in [3.63, 3.8) is 0 Å². The minimum atomic E-state index is 0.378. The molecule has 0 bridgehead atoms. The zero-order chi connectivity index (χ0) is 10.7. The summed E-state index contributed by atoms with van der Waals surface area (Å²) in [4.78, 5) is 0. The summed E-state index contributed by atoms with van der Waals surface area (Å²) in [5, 5.41) is 7.11. The van der Waals surface area contributed by atoms with Gasteiger partial charge >= 0.3 is 0 Å². The molecule has 3 heteroatoms. The number of aromatic nitrogens is 1. The van der Waals surface area contributed by atoms with Crippen molar-refractivity contribution >= 4 is 6.08 Å². The van der Waals surface area contributed by atoms with Crippen molar-refractivity contribution in [2.45, 2.75) is 33.7 Å². The van der Waals surface area contributed by atoms with Crippen LogP contribution in [0.15, 0.2) is 10.1 Å². The summed E-state index contributed by atoms with van der Waals surface area (Å²) in [5.41, 5.74) is 3.33. The third kappa shape index (κ3) is 2.23. The summed E-state index contributed by atoms with van der Waals surface area (Å²) >= 11 is 0. The van der Waals surface area contributed by atoms with Crippen LogP contribution in [-0.4, -0.2) is 18.2 Å². The topological polar surface area (TPSA) is 38.1 Å². The maximum atomic E-state index is 5.09. The molecule has 14 heavy (non-hydrogen) atoms. The average Bonchev–Trinajstić information content (AvgIpc) is 2.48. The lowest BCUT2D eigenvalue weighted by atomic mass is 10.1. The van der Waals surface area contributed by atoms with Gasteiger partial charge in [0.1, 0.15) is 5.76 Å².